The summed E-state index contributed by atoms with van der Waals surface area (Å²) in [4.78, 5) is 0. The lowest BCUT2D eigenvalue weighted by Crippen LogP contribution is -2.34. The van der Waals surface area contributed by atoms with Gasteiger partial charge in [0.25, 0.3) is 0 Å². The summed E-state index contributed by atoms with van der Waals surface area (Å²) < 4.78 is 0. The highest BCUT2D eigenvalue weighted by atomic mass is 32.2. The van der Waals surface area contributed by atoms with Crippen molar-refractivity contribution in [2.24, 2.45) is 5.92 Å². The third kappa shape index (κ3) is 3.44. The van der Waals surface area contributed by atoms with Gasteiger partial charge in [-0.3, -0.25) is 0 Å². The molecule has 14 heavy (non-hydrogen) atoms. The van der Waals surface area contributed by atoms with Gasteiger partial charge < -0.3 is 10.6 Å². The predicted octanol–water partition coefficient (Wildman–Crippen LogP) is 1.47. The molecule has 82 valence electrons. The third-order valence-electron chi connectivity index (χ3n) is 3.33. The van der Waals surface area contributed by atoms with Crippen molar-refractivity contribution in [1.29, 1.82) is 0 Å². The fraction of sp³-hybridized carbons (Fsp3) is 1.00. The summed E-state index contributed by atoms with van der Waals surface area (Å²) in [5.41, 5.74) is 0. The van der Waals surface area contributed by atoms with Crippen LogP contribution >= 0.6 is 11.8 Å². The number of hydrogen-bond donors (Lipinski definition) is 2. The summed E-state index contributed by atoms with van der Waals surface area (Å²) in [6.45, 7) is 3.65. The van der Waals surface area contributed by atoms with Crippen molar-refractivity contribution < 1.29 is 0 Å². The van der Waals surface area contributed by atoms with Crippen LogP contribution in [0.5, 0.6) is 0 Å². The largest absolute Gasteiger partial charge is 0.315 e. The van der Waals surface area contributed by atoms with Crippen molar-refractivity contribution in [3.05, 3.63) is 0 Å². The monoisotopic (exact) mass is 214 g/mol. The molecule has 2 aliphatic heterocycles. The molecule has 3 heteroatoms. The van der Waals surface area contributed by atoms with Crippen LogP contribution in [-0.4, -0.2) is 37.2 Å². The Labute approximate surface area is 91.6 Å². The molecule has 0 aromatic carbocycles. The predicted molar refractivity (Wildman–Crippen MR) is 63.9 cm³/mol. The summed E-state index contributed by atoms with van der Waals surface area (Å²) in [6, 6.07) is 0.755. The average Bonchev–Trinajstić information content (AvgIpc) is 2.58. The van der Waals surface area contributed by atoms with Gasteiger partial charge in [0.05, 0.1) is 0 Å². The van der Waals surface area contributed by atoms with Gasteiger partial charge in [-0.15, -0.1) is 0 Å². The second kappa shape index (κ2) is 5.99. The fourth-order valence-corrected chi connectivity index (χ4v) is 3.41. The zero-order valence-electron chi connectivity index (χ0n) is 8.93. The van der Waals surface area contributed by atoms with Crippen molar-refractivity contribution in [2.45, 2.75) is 31.7 Å². The average molecular weight is 214 g/mol. The van der Waals surface area contributed by atoms with Gasteiger partial charge in [-0.2, -0.15) is 11.8 Å². The van der Waals surface area contributed by atoms with E-state index < -0.39 is 0 Å². The Morgan fingerprint density at radius 3 is 3.07 bits per heavy atom. The first-order valence-corrected chi connectivity index (χ1v) is 7.12. The normalized spacial score (nSPS) is 34.3. The second-order valence-electron chi connectivity index (χ2n) is 4.51. The maximum absolute atomic E-state index is 3.71. The topological polar surface area (TPSA) is 24.1 Å². The van der Waals surface area contributed by atoms with E-state index in [1.807, 2.05) is 0 Å². The van der Waals surface area contributed by atoms with Crippen molar-refractivity contribution in [1.82, 2.24) is 10.6 Å². The zero-order valence-corrected chi connectivity index (χ0v) is 9.74. The molecule has 2 nitrogen and oxygen atoms in total. The van der Waals surface area contributed by atoms with Gasteiger partial charge >= 0.3 is 0 Å². The van der Waals surface area contributed by atoms with Crippen LogP contribution in [0.3, 0.4) is 0 Å². The van der Waals surface area contributed by atoms with Crippen LogP contribution < -0.4 is 10.6 Å². The summed E-state index contributed by atoms with van der Waals surface area (Å²) >= 11 is 2.14. The molecule has 0 bridgehead atoms. The van der Waals surface area contributed by atoms with Crippen LogP contribution in [0.2, 0.25) is 0 Å². The Bertz CT molecular complexity index is 149. The molecule has 0 radical (unpaired) electrons. The van der Waals surface area contributed by atoms with Gasteiger partial charge in [-0.05, 0) is 56.2 Å². The molecule has 0 saturated carbocycles. The smallest absolute Gasteiger partial charge is 0.0204 e. The van der Waals surface area contributed by atoms with Crippen molar-refractivity contribution in [3.63, 3.8) is 0 Å². The van der Waals surface area contributed by atoms with E-state index in [2.05, 4.69) is 22.4 Å². The number of thioether (sulfide) groups is 1. The van der Waals surface area contributed by atoms with Crippen LogP contribution in [0.1, 0.15) is 25.7 Å². The van der Waals surface area contributed by atoms with Crippen LogP contribution in [0.25, 0.3) is 0 Å². The highest BCUT2D eigenvalue weighted by Gasteiger charge is 2.17. The van der Waals surface area contributed by atoms with Crippen molar-refractivity contribution in [3.8, 4) is 0 Å². The standard InChI is InChI=1S/C11H22N2S/c1-2-10(4-7-14-6-1)8-13-11-3-5-12-9-11/h10-13H,1-9H2/t10?,11-/m0/s1. The quantitative estimate of drug-likeness (QED) is 0.744. The van der Waals surface area contributed by atoms with Gasteiger partial charge in [-0.1, -0.05) is 0 Å². The Balaban J connectivity index is 1.62. The van der Waals surface area contributed by atoms with E-state index in [4.69, 9.17) is 0 Å². The second-order valence-corrected chi connectivity index (χ2v) is 5.73. The zero-order chi connectivity index (χ0) is 9.64. The number of rotatable bonds is 3. The molecule has 0 aromatic heterocycles. The fourth-order valence-electron chi connectivity index (χ4n) is 2.34. The van der Waals surface area contributed by atoms with E-state index in [1.165, 1.54) is 56.8 Å². The van der Waals surface area contributed by atoms with Gasteiger partial charge in [0.15, 0.2) is 0 Å². The van der Waals surface area contributed by atoms with Gasteiger partial charge in [-0.25, -0.2) is 0 Å². The minimum absolute atomic E-state index is 0.755. The summed E-state index contributed by atoms with van der Waals surface area (Å²) in [5.74, 6) is 3.72. The molecule has 0 spiro atoms. The molecule has 2 rings (SSSR count). The highest BCUT2D eigenvalue weighted by Crippen LogP contribution is 2.21. The van der Waals surface area contributed by atoms with E-state index >= 15 is 0 Å². The first-order valence-electron chi connectivity index (χ1n) is 5.97. The van der Waals surface area contributed by atoms with Gasteiger partial charge in [0.2, 0.25) is 0 Å². The molecule has 0 aliphatic carbocycles. The Hall–Kier alpha value is 0.270. The van der Waals surface area contributed by atoms with E-state index in [-0.39, 0.29) is 0 Å². The molecule has 2 fully saturated rings. The molecule has 2 heterocycles. The van der Waals surface area contributed by atoms with Crippen LogP contribution in [0, 0.1) is 5.92 Å². The number of hydrogen-bond acceptors (Lipinski definition) is 3. The maximum atomic E-state index is 3.71. The van der Waals surface area contributed by atoms with E-state index in [0.717, 1.165) is 12.0 Å². The SMILES string of the molecule is C1CSCCC(CN[C@H]2CCNC2)C1. The van der Waals surface area contributed by atoms with Gasteiger partial charge in [0, 0.05) is 12.6 Å². The van der Waals surface area contributed by atoms with Crippen LogP contribution in [0.15, 0.2) is 0 Å². The summed E-state index contributed by atoms with van der Waals surface area (Å²) in [5, 5.41) is 7.11. The first-order chi connectivity index (χ1) is 6.95. The van der Waals surface area contributed by atoms with E-state index in [1.54, 1.807) is 0 Å². The highest BCUT2D eigenvalue weighted by molar-refractivity contribution is 7.99. The molecular formula is C11H22N2S. The molecule has 0 amide bonds. The Kier molecular flexibility index (Phi) is 4.61. The lowest BCUT2D eigenvalue weighted by atomic mass is 10.0. The van der Waals surface area contributed by atoms with Crippen molar-refractivity contribution in [2.75, 3.05) is 31.1 Å². The molecule has 2 atom stereocenters. The van der Waals surface area contributed by atoms with E-state index in [0.29, 0.717) is 0 Å². The van der Waals surface area contributed by atoms with Gasteiger partial charge in [0.1, 0.15) is 0 Å². The minimum atomic E-state index is 0.755. The van der Waals surface area contributed by atoms with Crippen LogP contribution in [0.4, 0.5) is 0 Å². The molecule has 2 N–H and O–H groups in total. The minimum Gasteiger partial charge on any atom is -0.315 e. The lowest BCUT2D eigenvalue weighted by Gasteiger charge is -2.17. The van der Waals surface area contributed by atoms with E-state index in [9.17, 15) is 0 Å². The molecular weight excluding hydrogens is 192 g/mol. The first kappa shape index (κ1) is 10.8. The molecule has 1 unspecified atom stereocenters. The Morgan fingerprint density at radius 1 is 1.21 bits per heavy atom. The lowest BCUT2D eigenvalue weighted by molar-refractivity contribution is 0.408. The molecule has 0 aromatic rings. The molecule has 2 aliphatic rings. The Morgan fingerprint density at radius 2 is 2.21 bits per heavy atom. The summed E-state index contributed by atoms with van der Waals surface area (Å²) in [7, 11) is 0. The maximum Gasteiger partial charge on any atom is 0.0204 e. The third-order valence-corrected chi connectivity index (χ3v) is 4.43. The van der Waals surface area contributed by atoms with Crippen molar-refractivity contribution >= 4 is 11.8 Å². The number of nitrogens with one attached hydrogen (secondary N) is 2. The van der Waals surface area contributed by atoms with Crippen LogP contribution in [-0.2, 0) is 0 Å². The summed E-state index contributed by atoms with van der Waals surface area (Å²) in [6.07, 6.45) is 5.62. The molecule has 2 saturated heterocycles.